The van der Waals surface area contributed by atoms with Crippen LogP contribution in [0.15, 0.2) is 34.8 Å². The van der Waals surface area contributed by atoms with E-state index < -0.39 is 0 Å². The summed E-state index contributed by atoms with van der Waals surface area (Å²) in [6, 6.07) is 10.9. The van der Waals surface area contributed by atoms with Gasteiger partial charge in [0.15, 0.2) is 0 Å². The molecule has 0 aliphatic carbocycles. The second kappa shape index (κ2) is 6.95. The maximum atomic E-state index is 6.09. The van der Waals surface area contributed by atoms with Gasteiger partial charge in [-0.05, 0) is 84.6 Å². The lowest BCUT2D eigenvalue weighted by Crippen LogP contribution is -2.20. The summed E-state index contributed by atoms with van der Waals surface area (Å²) in [5.41, 5.74) is 6.71. The van der Waals surface area contributed by atoms with Gasteiger partial charge in [-0.3, -0.25) is 0 Å². The van der Waals surface area contributed by atoms with Gasteiger partial charge in [0.25, 0.3) is 0 Å². The van der Waals surface area contributed by atoms with Gasteiger partial charge in [0.1, 0.15) is 0 Å². The SMILES string of the molecule is CNC(Cc1c(C)cc(C)cc1C)c1ccc(Cl)c(Br)c1. The van der Waals surface area contributed by atoms with Crippen molar-refractivity contribution in [2.45, 2.75) is 33.2 Å². The molecular formula is C18H21BrClN. The second-order valence-electron chi connectivity index (χ2n) is 5.60. The van der Waals surface area contributed by atoms with E-state index in [0.717, 1.165) is 15.9 Å². The lowest BCUT2D eigenvalue weighted by Gasteiger charge is -2.20. The Morgan fingerprint density at radius 3 is 2.24 bits per heavy atom. The maximum absolute atomic E-state index is 6.09. The van der Waals surface area contributed by atoms with Crippen LogP contribution in [0.1, 0.15) is 33.9 Å². The summed E-state index contributed by atoms with van der Waals surface area (Å²) in [7, 11) is 2.01. The summed E-state index contributed by atoms with van der Waals surface area (Å²) >= 11 is 9.60. The van der Waals surface area contributed by atoms with Crippen molar-refractivity contribution in [1.82, 2.24) is 5.32 Å². The molecule has 3 heteroatoms. The van der Waals surface area contributed by atoms with E-state index in [9.17, 15) is 0 Å². The first-order valence-electron chi connectivity index (χ1n) is 7.11. The molecule has 0 aliphatic rings. The molecule has 0 radical (unpaired) electrons. The number of benzene rings is 2. The molecule has 0 saturated carbocycles. The largest absolute Gasteiger partial charge is 0.313 e. The van der Waals surface area contributed by atoms with Crippen molar-refractivity contribution in [3.8, 4) is 0 Å². The van der Waals surface area contributed by atoms with Crippen LogP contribution in [0.5, 0.6) is 0 Å². The van der Waals surface area contributed by atoms with Crippen molar-refractivity contribution >= 4 is 27.5 Å². The highest BCUT2D eigenvalue weighted by atomic mass is 79.9. The van der Waals surface area contributed by atoms with Crippen molar-refractivity contribution in [2.24, 2.45) is 0 Å². The normalized spacial score (nSPS) is 12.5. The molecule has 0 heterocycles. The first kappa shape index (κ1) is 16.5. The van der Waals surface area contributed by atoms with Crippen LogP contribution in [-0.4, -0.2) is 7.05 Å². The first-order chi connectivity index (χ1) is 9.92. The predicted molar refractivity (Wildman–Crippen MR) is 95.3 cm³/mol. The van der Waals surface area contributed by atoms with E-state index in [4.69, 9.17) is 11.6 Å². The molecule has 1 unspecified atom stereocenters. The van der Waals surface area contributed by atoms with Gasteiger partial charge in [-0.15, -0.1) is 0 Å². The van der Waals surface area contributed by atoms with Crippen LogP contribution < -0.4 is 5.32 Å². The van der Waals surface area contributed by atoms with Crippen LogP contribution in [0.3, 0.4) is 0 Å². The Kier molecular flexibility index (Phi) is 5.48. The van der Waals surface area contributed by atoms with Crippen molar-refractivity contribution in [3.05, 3.63) is 67.6 Å². The molecule has 0 fully saturated rings. The van der Waals surface area contributed by atoms with Crippen LogP contribution in [-0.2, 0) is 6.42 Å². The standard InChI is InChI=1S/C18H21BrClN/c1-11-7-12(2)15(13(3)8-11)10-18(21-4)14-5-6-17(20)16(19)9-14/h5-9,18,21H,10H2,1-4H3. The lowest BCUT2D eigenvalue weighted by molar-refractivity contribution is 0.589. The monoisotopic (exact) mass is 365 g/mol. The Morgan fingerprint density at radius 2 is 1.71 bits per heavy atom. The Bertz CT molecular complexity index is 629. The smallest absolute Gasteiger partial charge is 0.0548 e. The summed E-state index contributed by atoms with van der Waals surface area (Å²) in [4.78, 5) is 0. The minimum Gasteiger partial charge on any atom is -0.313 e. The van der Waals surface area contributed by atoms with Crippen LogP contribution in [0.4, 0.5) is 0 Å². The Labute approximate surface area is 140 Å². The number of hydrogen-bond donors (Lipinski definition) is 1. The first-order valence-corrected chi connectivity index (χ1v) is 8.28. The molecule has 1 nitrogen and oxygen atoms in total. The molecule has 2 rings (SSSR count). The van der Waals surface area contributed by atoms with Gasteiger partial charge in [0.05, 0.1) is 5.02 Å². The van der Waals surface area contributed by atoms with Crippen molar-refractivity contribution in [2.75, 3.05) is 7.05 Å². The Balaban J connectivity index is 2.33. The van der Waals surface area contributed by atoms with Gasteiger partial charge in [0.2, 0.25) is 0 Å². The van der Waals surface area contributed by atoms with Gasteiger partial charge in [0, 0.05) is 10.5 Å². The molecule has 1 N–H and O–H groups in total. The molecule has 112 valence electrons. The molecule has 2 aromatic carbocycles. The highest BCUT2D eigenvalue weighted by Crippen LogP contribution is 2.29. The molecule has 0 amide bonds. The summed E-state index contributed by atoms with van der Waals surface area (Å²) in [5.74, 6) is 0. The van der Waals surface area contributed by atoms with Gasteiger partial charge in [-0.2, -0.15) is 0 Å². The van der Waals surface area contributed by atoms with Gasteiger partial charge in [-0.25, -0.2) is 0 Å². The van der Waals surface area contributed by atoms with Gasteiger partial charge < -0.3 is 5.32 Å². The summed E-state index contributed by atoms with van der Waals surface area (Å²) < 4.78 is 0.944. The van der Waals surface area contributed by atoms with Crippen LogP contribution >= 0.6 is 27.5 Å². The van der Waals surface area contributed by atoms with Gasteiger partial charge >= 0.3 is 0 Å². The maximum Gasteiger partial charge on any atom is 0.0548 e. The van der Waals surface area contributed by atoms with E-state index in [1.165, 1.54) is 27.8 Å². The average molecular weight is 367 g/mol. The molecular weight excluding hydrogens is 346 g/mol. The highest BCUT2D eigenvalue weighted by Gasteiger charge is 2.14. The van der Waals surface area contributed by atoms with Crippen LogP contribution in [0.2, 0.25) is 5.02 Å². The zero-order chi connectivity index (χ0) is 15.6. The van der Waals surface area contributed by atoms with E-state index in [2.05, 4.69) is 66.3 Å². The number of rotatable bonds is 4. The number of hydrogen-bond acceptors (Lipinski definition) is 1. The quantitative estimate of drug-likeness (QED) is 0.750. The fourth-order valence-electron chi connectivity index (χ4n) is 2.85. The lowest BCUT2D eigenvalue weighted by atomic mass is 9.92. The molecule has 0 aromatic heterocycles. The Hall–Kier alpha value is -0.830. The summed E-state index contributed by atoms with van der Waals surface area (Å²) in [6.45, 7) is 6.54. The number of halogens is 2. The minimum atomic E-state index is 0.277. The molecule has 21 heavy (non-hydrogen) atoms. The Morgan fingerprint density at radius 1 is 1.10 bits per heavy atom. The minimum absolute atomic E-state index is 0.277. The number of likely N-dealkylation sites (N-methyl/N-ethyl adjacent to an activating group) is 1. The molecule has 0 spiro atoms. The second-order valence-corrected chi connectivity index (χ2v) is 6.86. The van der Waals surface area contributed by atoms with Crippen molar-refractivity contribution in [3.63, 3.8) is 0 Å². The zero-order valence-electron chi connectivity index (χ0n) is 12.9. The van der Waals surface area contributed by atoms with E-state index in [0.29, 0.717) is 0 Å². The van der Waals surface area contributed by atoms with Crippen molar-refractivity contribution < 1.29 is 0 Å². The third kappa shape index (κ3) is 3.88. The summed E-state index contributed by atoms with van der Waals surface area (Å²) in [6.07, 6.45) is 0.975. The highest BCUT2D eigenvalue weighted by molar-refractivity contribution is 9.10. The molecule has 0 aliphatic heterocycles. The van der Waals surface area contributed by atoms with Gasteiger partial charge in [-0.1, -0.05) is 35.4 Å². The van der Waals surface area contributed by atoms with Crippen molar-refractivity contribution in [1.29, 1.82) is 0 Å². The number of aryl methyl sites for hydroxylation is 3. The average Bonchev–Trinajstić information content (AvgIpc) is 2.41. The van der Waals surface area contributed by atoms with Crippen LogP contribution in [0, 0.1) is 20.8 Å². The van der Waals surface area contributed by atoms with E-state index in [-0.39, 0.29) is 6.04 Å². The fourth-order valence-corrected chi connectivity index (χ4v) is 3.37. The predicted octanol–water partition coefficient (Wildman–Crippen LogP) is 5.53. The third-order valence-corrected chi connectivity index (χ3v) is 5.16. The summed E-state index contributed by atoms with van der Waals surface area (Å²) in [5, 5.41) is 4.17. The molecule has 0 bridgehead atoms. The zero-order valence-corrected chi connectivity index (χ0v) is 15.3. The van der Waals surface area contributed by atoms with Crippen LogP contribution in [0.25, 0.3) is 0 Å². The van der Waals surface area contributed by atoms with E-state index in [1.54, 1.807) is 0 Å². The molecule has 2 aromatic rings. The molecule has 0 saturated heterocycles. The topological polar surface area (TPSA) is 12.0 Å². The third-order valence-electron chi connectivity index (χ3n) is 3.94. The van der Waals surface area contributed by atoms with E-state index >= 15 is 0 Å². The number of nitrogens with one attached hydrogen (secondary N) is 1. The fraction of sp³-hybridized carbons (Fsp3) is 0.333. The molecule has 1 atom stereocenters. The van der Waals surface area contributed by atoms with E-state index in [1.807, 2.05) is 13.1 Å².